The Kier molecular flexibility index (Phi) is 5.54. The van der Waals surface area contributed by atoms with Gasteiger partial charge in [0.05, 0.1) is 40.7 Å². The number of anilines is 3. The molecule has 2 saturated carbocycles. The zero-order chi connectivity index (χ0) is 25.9. The van der Waals surface area contributed by atoms with Crippen LogP contribution in [0.1, 0.15) is 48.0 Å². The van der Waals surface area contributed by atoms with Crippen molar-refractivity contribution >= 4 is 40.7 Å². The molecular weight excluding hydrogens is 478 g/mol. The van der Waals surface area contributed by atoms with Crippen molar-refractivity contribution in [3.05, 3.63) is 42.5 Å². The quantitative estimate of drug-likeness (QED) is 0.424. The van der Waals surface area contributed by atoms with Crippen molar-refractivity contribution in [1.29, 1.82) is 0 Å². The van der Waals surface area contributed by atoms with Crippen molar-refractivity contribution < 1.29 is 19.2 Å². The maximum atomic E-state index is 13.7. The number of rotatable bonds is 5. The van der Waals surface area contributed by atoms with Gasteiger partial charge in [-0.2, -0.15) is 0 Å². The van der Waals surface area contributed by atoms with E-state index in [9.17, 15) is 19.2 Å². The SMILES string of the molecule is C.CC(C)N(c1cc(N2C(=O)C3C4C=CC(C4)C3C2=O)ccc1N1C(=O)C2C3C=CC(C3)C2C1=O)C(C)C. The molecule has 1 aromatic carbocycles. The van der Waals surface area contributed by atoms with Gasteiger partial charge >= 0.3 is 0 Å². The minimum atomic E-state index is -0.286. The van der Waals surface area contributed by atoms with Gasteiger partial charge in [-0.25, -0.2) is 9.80 Å². The van der Waals surface area contributed by atoms with Crippen LogP contribution in [0, 0.1) is 47.3 Å². The average Bonchev–Trinajstić information content (AvgIpc) is 3.67. The number of carbonyl (C=O) groups is 4. The molecule has 1 aromatic rings. The second-order valence-electron chi connectivity index (χ2n) is 12.3. The van der Waals surface area contributed by atoms with Crippen molar-refractivity contribution in [2.24, 2.45) is 47.3 Å². The third kappa shape index (κ3) is 3.07. The molecule has 0 radical (unpaired) electrons. The van der Waals surface area contributed by atoms with Crippen LogP contribution in [0.15, 0.2) is 42.5 Å². The number of amides is 4. The minimum absolute atomic E-state index is 0. The van der Waals surface area contributed by atoms with Crippen LogP contribution in [0.3, 0.4) is 0 Å². The summed E-state index contributed by atoms with van der Waals surface area (Å²) >= 11 is 0. The molecule has 200 valence electrons. The van der Waals surface area contributed by atoms with Crippen LogP contribution in [0.5, 0.6) is 0 Å². The summed E-state index contributed by atoms with van der Waals surface area (Å²) < 4.78 is 0. The van der Waals surface area contributed by atoms with Gasteiger partial charge in [-0.1, -0.05) is 31.7 Å². The first kappa shape index (κ1) is 25.1. The number of carbonyl (C=O) groups excluding carboxylic acids is 4. The third-order valence-corrected chi connectivity index (χ3v) is 9.79. The van der Waals surface area contributed by atoms with Crippen LogP contribution in [-0.4, -0.2) is 35.7 Å². The number of imide groups is 2. The topological polar surface area (TPSA) is 78.0 Å². The number of hydrogen-bond acceptors (Lipinski definition) is 5. The van der Waals surface area contributed by atoms with Crippen LogP contribution in [0.4, 0.5) is 17.1 Å². The van der Waals surface area contributed by atoms with Crippen molar-refractivity contribution in [3.63, 3.8) is 0 Å². The summed E-state index contributed by atoms with van der Waals surface area (Å²) in [7, 11) is 0. The van der Waals surface area contributed by atoms with E-state index in [0.717, 1.165) is 12.8 Å². The Hall–Kier alpha value is -3.22. The molecule has 0 N–H and O–H groups in total. The van der Waals surface area contributed by atoms with E-state index in [1.54, 1.807) is 12.1 Å². The van der Waals surface area contributed by atoms with Crippen molar-refractivity contribution in [2.75, 3.05) is 14.7 Å². The molecule has 2 heterocycles. The van der Waals surface area contributed by atoms with E-state index in [1.165, 1.54) is 9.80 Å². The van der Waals surface area contributed by atoms with E-state index >= 15 is 0 Å². The van der Waals surface area contributed by atoms with Gasteiger partial charge in [-0.05, 0) is 82.4 Å². The second kappa shape index (κ2) is 8.39. The molecule has 4 aliphatic carbocycles. The van der Waals surface area contributed by atoms with Crippen LogP contribution in [-0.2, 0) is 19.2 Å². The van der Waals surface area contributed by atoms with E-state index in [4.69, 9.17) is 0 Å². The first-order chi connectivity index (χ1) is 17.7. The third-order valence-electron chi connectivity index (χ3n) is 9.79. The Morgan fingerprint density at radius 2 is 1.05 bits per heavy atom. The summed E-state index contributed by atoms with van der Waals surface area (Å²) in [5.74, 6) is -1.09. The van der Waals surface area contributed by atoms with Crippen LogP contribution in [0.25, 0.3) is 0 Å². The van der Waals surface area contributed by atoms with Gasteiger partial charge in [0, 0.05) is 12.1 Å². The molecule has 2 aliphatic heterocycles. The maximum absolute atomic E-state index is 13.7. The van der Waals surface area contributed by atoms with E-state index in [1.807, 2.05) is 6.07 Å². The van der Waals surface area contributed by atoms with Crippen molar-refractivity contribution in [1.82, 2.24) is 0 Å². The fraction of sp³-hybridized carbons (Fsp3) is 0.548. The molecule has 7 rings (SSSR count). The summed E-state index contributed by atoms with van der Waals surface area (Å²) in [6, 6.07) is 5.51. The van der Waals surface area contributed by atoms with E-state index in [-0.39, 0.29) is 90.5 Å². The lowest BCUT2D eigenvalue weighted by molar-refractivity contribution is -0.124. The highest BCUT2D eigenvalue weighted by molar-refractivity contribution is 6.25. The van der Waals surface area contributed by atoms with Crippen LogP contribution >= 0.6 is 0 Å². The second-order valence-corrected chi connectivity index (χ2v) is 12.3. The molecule has 8 unspecified atom stereocenters. The normalized spacial score (nSPS) is 35.8. The number of hydrogen-bond donors (Lipinski definition) is 0. The summed E-state index contributed by atoms with van der Waals surface area (Å²) in [5, 5.41) is 0. The van der Waals surface area contributed by atoms with Gasteiger partial charge in [0.15, 0.2) is 0 Å². The fourth-order valence-corrected chi connectivity index (χ4v) is 8.50. The minimum Gasteiger partial charge on any atom is -0.365 e. The summed E-state index contributed by atoms with van der Waals surface area (Å²) in [4.78, 5) is 59.3. The Balaban J connectivity index is 0.00000264. The van der Waals surface area contributed by atoms with Gasteiger partial charge in [-0.15, -0.1) is 0 Å². The Bertz CT molecular complexity index is 1240. The van der Waals surface area contributed by atoms with Gasteiger partial charge in [0.2, 0.25) is 23.6 Å². The van der Waals surface area contributed by atoms with Crippen molar-refractivity contribution in [2.45, 2.75) is 60.0 Å². The zero-order valence-corrected chi connectivity index (χ0v) is 21.7. The van der Waals surface area contributed by atoms with E-state index in [0.29, 0.717) is 17.1 Å². The van der Waals surface area contributed by atoms with Gasteiger partial charge in [-0.3, -0.25) is 19.2 Å². The largest absolute Gasteiger partial charge is 0.365 e. The van der Waals surface area contributed by atoms with Gasteiger partial charge in [0.1, 0.15) is 0 Å². The molecule has 0 aromatic heterocycles. The summed E-state index contributed by atoms with van der Waals surface area (Å²) in [6.45, 7) is 8.29. The Morgan fingerprint density at radius 3 is 1.45 bits per heavy atom. The van der Waals surface area contributed by atoms with E-state index < -0.39 is 0 Å². The number of fused-ring (bicyclic) bond motifs is 10. The standard InChI is InChI=1S/C30H33N3O4.CH4/c1-14(2)31(15(3)4)22-13-20(32-27(34)23-16-5-6-17(11-16)24(23)28(32)35)9-10-21(22)33-29(36)25-18-7-8-19(12-18)26(25)30(33)37;/h5-10,13-19,23-26H,11-12H2,1-4H3;1H4. The zero-order valence-electron chi connectivity index (χ0n) is 21.7. The fourth-order valence-electron chi connectivity index (χ4n) is 8.50. The average molecular weight is 516 g/mol. The smallest absolute Gasteiger partial charge is 0.238 e. The maximum Gasteiger partial charge on any atom is 0.238 e. The predicted octanol–water partition coefficient (Wildman–Crippen LogP) is 4.57. The molecule has 6 aliphatic rings. The number of benzene rings is 1. The summed E-state index contributed by atoms with van der Waals surface area (Å²) in [6.07, 6.45) is 10.2. The number of nitrogens with zero attached hydrogens (tertiary/aromatic N) is 3. The highest BCUT2D eigenvalue weighted by Crippen LogP contribution is 2.56. The van der Waals surface area contributed by atoms with Crippen molar-refractivity contribution in [3.8, 4) is 0 Å². The molecule has 2 saturated heterocycles. The van der Waals surface area contributed by atoms with Gasteiger partial charge in [0.25, 0.3) is 0 Å². The van der Waals surface area contributed by atoms with Crippen LogP contribution in [0.2, 0.25) is 0 Å². The monoisotopic (exact) mass is 515 g/mol. The molecule has 7 heteroatoms. The first-order valence-corrected chi connectivity index (χ1v) is 13.7. The molecule has 7 nitrogen and oxygen atoms in total. The molecule has 0 spiro atoms. The summed E-state index contributed by atoms with van der Waals surface area (Å²) in [5.41, 5.74) is 1.79. The first-order valence-electron chi connectivity index (χ1n) is 13.7. The van der Waals surface area contributed by atoms with Gasteiger partial charge < -0.3 is 4.90 Å². The van der Waals surface area contributed by atoms with Crippen LogP contribution < -0.4 is 14.7 Å². The molecule has 8 atom stereocenters. The molecule has 4 amide bonds. The Morgan fingerprint density at radius 1 is 0.658 bits per heavy atom. The highest BCUT2D eigenvalue weighted by Gasteiger charge is 2.61. The predicted molar refractivity (Wildman–Crippen MR) is 146 cm³/mol. The Labute approximate surface area is 224 Å². The lowest BCUT2D eigenvalue weighted by Crippen LogP contribution is -2.40. The molecule has 4 bridgehead atoms. The molecule has 4 fully saturated rings. The van der Waals surface area contributed by atoms with E-state index in [2.05, 4.69) is 56.9 Å². The lowest BCUT2D eigenvalue weighted by Gasteiger charge is -2.36. The molecular formula is C31H37N3O4. The number of allylic oxidation sites excluding steroid dienone is 4. The molecule has 38 heavy (non-hydrogen) atoms. The highest BCUT2D eigenvalue weighted by atomic mass is 16.2. The lowest BCUT2D eigenvalue weighted by atomic mass is 9.85.